The van der Waals surface area contributed by atoms with Crippen LogP contribution in [0.3, 0.4) is 0 Å². The van der Waals surface area contributed by atoms with Crippen LogP contribution < -0.4 is 0 Å². The van der Waals surface area contributed by atoms with Crippen molar-refractivity contribution in [1.29, 1.82) is 0 Å². The molecule has 124 valence electrons. The Kier molecular flexibility index (Phi) is 5.38. The monoisotopic (exact) mass is 319 g/mol. The molecule has 0 radical (unpaired) electrons. The van der Waals surface area contributed by atoms with Crippen LogP contribution in [0.2, 0.25) is 0 Å². The Balaban J connectivity index is 1.63. The van der Waals surface area contributed by atoms with E-state index in [-0.39, 0.29) is 5.82 Å². The minimum atomic E-state index is -0.236. The third-order valence-corrected chi connectivity index (χ3v) is 3.94. The van der Waals surface area contributed by atoms with Gasteiger partial charge in [-0.15, -0.1) is 0 Å². The summed E-state index contributed by atoms with van der Waals surface area (Å²) in [5.41, 5.74) is 2.97. The minimum Gasteiger partial charge on any atom is -0.379 e. The molecule has 0 unspecified atom stereocenters. The van der Waals surface area contributed by atoms with E-state index >= 15 is 0 Å². The summed E-state index contributed by atoms with van der Waals surface area (Å²) in [7, 11) is 2.08. The number of rotatable bonds is 5. The summed E-state index contributed by atoms with van der Waals surface area (Å²) in [5, 5.41) is 7.15. The smallest absolute Gasteiger partial charge is 0.123 e. The molecule has 1 aliphatic heterocycles. The van der Waals surface area contributed by atoms with E-state index in [4.69, 9.17) is 9.47 Å². The van der Waals surface area contributed by atoms with Gasteiger partial charge in [0.1, 0.15) is 5.82 Å². The molecule has 3 rings (SSSR count). The molecule has 1 aromatic heterocycles. The van der Waals surface area contributed by atoms with Gasteiger partial charge >= 0.3 is 0 Å². The number of H-pyrrole nitrogens is 1. The second-order valence-corrected chi connectivity index (χ2v) is 5.99. The largest absolute Gasteiger partial charge is 0.379 e. The SMILES string of the molecule is CN(Cc1cn[nH]c1-c1ccc(F)cc1)CC1COCCOC1. The molecule has 6 heteroatoms. The molecule has 0 amide bonds. The summed E-state index contributed by atoms with van der Waals surface area (Å²) < 4.78 is 24.2. The Morgan fingerprint density at radius 3 is 2.61 bits per heavy atom. The standard InChI is InChI=1S/C17H22FN3O2/c1-21(9-13-11-22-6-7-23-12-13)10-15-8-19-20-17(15)14-2-4-16(18)5-3-14/h2-5,8,13H,6-7,9-12H2,1H3,(H,19,20). The fourth-order valence-corrected chi connectivity index (χ4v) is 2.86. The number of nitrogens with one attached hydrogen (secondary N) is 1. The van der Waals surface area contributed by atoms with E-state index in [9.17, 15) is 4.39 Å². The van der Waals surface area contributed by atoms with Crippen LogP contribution >= 0.6 is 0 Å². The zero-order chi connectivity index (χ0) is 16.1. The van der Waals surface area contributed by atoms with Gasteiger partial charge in [-0.1, -0.05) is 0 Å². The van der Waals surface area contributed by atoms with Crippen LogP contribution in [0, 0.1) is 11.7 Å². The summed E-state index contributed by atoms with van der Waals surface area (Å²) in [5.74, 6) is 0.143. The highest BCUT2D eigenvalue weighted by atomic mass is 19.1. The molecule has 1 aliphatic rings. The molecule has 23 heavy (non-hydrogen) atoms. The van der Waals surface area contributed by atoms with E-state index < -0.39 is 0 Å². The quantitative estimate of drug-likeness (QED) is 0.919. The predicted octanol–water partition coefficient (Wildman–Crippen LogP) is 2.31. The number of ether oxygens (including phenoxy) is 2. The molecule has 0 saturated carbocycles. The van der Waals surface area contributed by atoms with Gasteiger partial charge in [-0.2, -0.15) is 5.10 Å². The van der Waals surface area contributed by atoms with Gasteiger partial charge in [0.15, 0.2) is 0 Å². The molecule has 0 atom stereocenters. The third-order valence-electron chi connectivity index (χ3n) is 3.94. The van der Waals surface area contributed by atoms with Crippen LogP contribution in [0.4, 0.5) is 4.39 Å². The fourth-order valence-electron chi connectivity index (χ4n) is 2.86. The molecule has 1 fully saturated rings. The maximum absolute atomic E-state index is 13.1. The maximum Gasteiger partial charge on any atom is 0.123 e. The normalized spacial score (nSPS) is 16.7. The van der Waals surface area contributed by atoms with Gasteiger partial charge in [0, 0.05) is 30.1 Å². The van der Waals surface area contributed by atoms with Gasteiger partial charge in [0.05, 0.1) is 38.3 Å². The van der Waals surface area contributed by atoms with Crippen LogP contribution in [0.1, 0.15) is 5.56 Å². The van der Waals surface area contributed by atoms with Gasteiger partial charge in [-0.25, -0.2) is 4.39 Å². The summed E-state index contributed by atoms with van der Waals surface area (Å²) in [6.45, 7) is 4.49. The Morgan fingerprint density at radius 2 is 1.91 bits per heavy atom. The fraction of sp³-hybridized carbons (Fsp3) is 0.471. The molecule has 1 saturated heterocycles. The van der Waals surface area contributed by atoms with Gasteiger partial charge in [0.25, 0.3) is 0 Å². The van der Waals surface area contributed by atoms with Gasteiger partial charge < -0.3 is 14.4 Å². The Hall–Kier alpha value is -1.76. The number of halogens is 1. The highest BCUT2D eigenvalue weighted by Gasteiger charge is 2.17. The van der Waals surface area contributed by atoms with E-state index in [0.29, 0.717) is 19.1 Å². The van der Waals surface area contributed by atoms with Crippen LogP contribution in [0.5, 0.6) is 0 Å². The molecule has 0 aliphatic carbocycles. The Morgan fingerprint density at radius 1 is 1.22 bits per heavy atom. The first-order chi connectivity index (χ1) is 11.2. The van der Waals surface area contributed by atoms with Gasteiger partial charge in [0.2, 0.25) is 0 Å². The van der Waals surface area contributed by atoms with Crippen molar-refractivity contribution in [1.82, 2.24) is 15.1 Å². The predicted molar refractivity (Wildman–Crippen MR) is 85.4 cm³/mol. The lowest BCUT2D eigenvalue weighted by molar-refractivity contribution is 0.103. The minimum absolute atomic E-state index is 0.236. The molecular formula is C17H22FN3O2. The maximum atomic E-state index is 13.1. The van der Waals surface area contributed by atoms with Crippen molar-refractivity contribution >= 4 is 0 Å². The summed E-state index contributed by atoms with van der Waals surface area (Å²) in [4.78, 5) is 2.24. The zero-order valence-corrected chi connectivity index (χ0v) is 13.3. The topological polar surface area (TPSA) is 50.4 Å². The average molecular weight is 319 g/mol. The molecule has 0 bridgehead atoms. The van der Waals surface area contributed by atoms with Gasteiger partial charge in [-0.3, -0.25) is 5.10 Å². The van der Waals surface area contributed by atoms with Crippen molar-refractivity contribution in [2.75, 3.05) is 40.0 Å². The molecule has 1 aromatic carbocycles. The van der Waals surface area contributed by atoms with Crippen LogP contribution in [0.25, 0.3) is 11.3 Å². The molecular weight excluding hydrogens is 297 g/mol. The highest BCUT2D eigenvalue weighted by molar-refractivity contribution is 5.62. The summed E-state index contributed by atoms with van der Waals surface area (Å²) in [6.07, 6.45) is 1.83. The van der Waals surface area contributed by atoms with E-state index in [1.807, 2.05) is 6.20 Å². The first kappa shape index (κ1) is 16.1. The second kappa shape index (κ2) is 7.68. The van der Waals surface area contributed by atoms with Crippen LogP contribution in [0.15, 0.2) is 30.5 Å². The summed E-state index contributed by atoms with van der Waals surface area (Å²) >= 11 is 0. The number of hydrogen-bond donors (Lipinski definition) is 1. The molecule has 1 N–H and O–H groups in total. The van der Waals surface area contributed by atoms with Crippen molar-refractivity contribution in [3.8, 4) is 11.3 Å². The third kappa shape index (κ3) is 4.37. The van der Waals surface area contributed by atoms with Crippen molar-refractivity contribution in [3.63, 3.8) is 0 Å². The zero-order valence-electron chi connectivity index (χ0n) is 13.3. The van der Waals surface area contributed by atoms with E-state index in [2.05, 4.69) is 22.1 Å². The molecule has 2 aromatic rings. The van der Waals surface area contributed by atoms with Crippen molar-refractivity contribution in [2.45, 2.75) is 6.54 Å². The molecule has 0 spiro atoms. The number of aromatic nitrogens is 2. The average Bonchev–Trinajstić information content (AvgIpc) is 2.83. The number of benzene rings is 1. The molecule has 5 nitrogen and oxygen atoms in total. The number of hydrogen-bond acceptors (Lipinski definition) is 4. The lowest BCUT2D eigenvalue weighted by Gasteiger charge is -2.22. The number of nitrogens with zero attached hydrogens (tertiary/aromatic N) is 2. The van der Waals surface area contributed by atoms with Crippen molar-refractivity contribution in [3.05, 3.63) is 41.8 Å². The Labute approximate surface area is 135 Å². The van der Waals surface area contributed by atoms with Crippen LogP contribution in [-0.2, 0) is 16.0 Å². The van der Waals surface area contributed by atoms with E-state index in [1.165, 1.54) is 12.1 Å². The number of aromatic amines is 1. The summed E-state index contributed by atoms with van der Waals surface area (Å²) in [6, 6.07) is 6.45. The molecule has 2 heterocycles. The van der Waals surface area contributed by atoms with Crippen LogP contribution in [-0.4, -0.2) is 55.1 Å². The van der Waals surface area contributed by atoms with Crippen molar-refractivity contribution < 1.29 is 13.9 Å². The Bertz CT molecular complexity index is 607. The van der Waals surface area contributed by atoms with Gasteiger partial charge in [-0.05, 0) is 31.3 Å². The lowest BCUT2D eigenvalue weighted by atomic mass is 10.1. The second-order valence-electron chi connectivity index (χ2n) is 5.99. The van der Waals surface area contributed by atoms with Crippen molar-refractivity contribution in [2.24, 2.45) is 5.92 Å². The lowest BCUT2D eigenvalue weighted by Crippen LogP contribution is -2.29. The van der Waals surface area contributed by atoms with E-state index in [1.54, 1.807) is 12.1 Å². The van der Waals surface area contributed by atoms with E-state index in [0.717, 1.165) is 43.1 Å². The first-order valence-corrected chi connectivity index (χ1v) is 7.84. The highest BCUT2D eigenvalue weighted by Crippen LogP contribution is 2.22. The first-order valence-electron chi connectivity index (χ1n) is 7.84.